The van der Waals surface area contributed by atoms with E-state index in [9.17, 15) is 14.0 Å². The molecule has 158 valence electrons. The number of hydrazine groups is 1. The molecule has 0 aliphatic heterocycles. The first kappa shape index (κ1) is 22.5. The number of amides is 2. The number of alkyl halides is 1. The van der Waals surface area contributed by atoms with Crippen LogP contribution in [-0.4, -0.2) is 58.2 Å². The summed E-state index contributed by atoms with van der Waals surface area (Å²) in [4.78, 5) is 29.2. The molecule has 0 saturated carbocycles. The molecule has 0 spiro atoms. The summed E-state index contributed by atoms with van der Waals surface area (Å²) in [5.41, 5.74) is -1.15. The molecule has 0 atom stereocenters. The van der Waals surface area contributed by atoms with Gasteiger partial charge in [0.05, 0.1) is 0 Å². The van der Waals surface area contributed by atoms with Crippen molar-refractivity contribution in [1.29, 1.82) is 0 Å². The lowest BCUT2D eigenvalue weighted by Gasteiger charge is -2.30. The van der Waals surface area contributed by atoms with Crippen LogP contribution in [0.15, 0.2) is 28.8 Å². The van der Waals surface area contributed by atoms with Crippen LogP contribution in [0.1, 0.15) is 50.9 Å². The third kappa shape index (κ3) is 6.08. The van der Waals surface area contributed by atoms with E-state index in [1.54, 1.807) is 43.4 Å². The van der Waals surface area contributed by atoms with Crippen molar-refractivity contribution in [2.45, 2.75) is 45.8 Å². The van der Waals surface area contributed by atoms with Gasteiger partial charge in [-0.25, -0.2) is 9.40 Å². The van der Waals surface area contributed by atoms with E-state index < -0.39 is 11.2 Å². The Morgan fingerprint density at radius 1 is 1.10 bits per heavy atom. The fraction of sp³-hybridized carbons (Fsp3) is 0.500. The molecule has 2 rings (SSSR count). The van der Waals surface area contributed by atoms with Gasteiger partial charge in [0.2, 0.25) is 11.7 Å². The van der Waals surface area contributed by atoms with Crippen molar-refractivity contribution in [3.05, 3.63) is 35.7 Å². The van der Waals surface area contributed by atoms with Gasteiger partial charge in [-0.1, -0.05) is 17.3 Å². The highest BCUT2D eigenvalue weighted by atomic mass is 19.1. The minimum Gasteiger partial charge on any atom is -0.350 e. The third-order valence-electron chi connectivity index (χ3n) is 3.85. The highest BCUT2D eigenvalue weighted by molar-refractivity contribution is 5.96. The summed E-state index contributed by atoms with van der Waals surface area (Å²) in [5, 5.41) is 9.52. The second kappa shape index (κ2) is 8.28. The summed E-state index contributed by atoms with van der Waals surface area (Å²) in [7, 11) is 3.38. The maximum Gasteiger partial charge on any atom is 0.268 e. The maximum absolute atomic E-state index is 13.9. The van der Waals surface area contributed by atoms with Crippen LogP contribution in [0.5, 0.6) is 0 Å². The zero-order valence-corrected chi connectivity index (χ0v) is 17.9. The van der Waals surface area contributed by atoms with Crippen molar-refractivity contribution in [2.75, 3.05) is 20.6 Å². The molecule has 0 saturated heterocycles. The number of hydrogen-bond acceptors (Lipinski definition) is 6. The SMILES string of the molecule is CN(C)N(CC(=O)NC(C)(C)C)C(=O)c1ccc(-c2noc(C(C)(C)F)n2)cc1. The number of carbonyl (C=O) groups excluding carboxylic acids is 2. The Kier molecular flexibility index (Phi) is 6.42. The molecule has 0 aliphatic rings. The number of halogens is 1. The second-order valence-electron chi connectivity index (χ2n) is 8.48. The molecule has 0 bridgehead atoms. The summed E-state index contributed by atoms with van der Waals surface area (Å²) >= 11 is 0. The van der Waals surface area contributed by atoms with Crippen LogP contribution in [0, 0.1) is 0 Å². The molecule has 1 aromatic carbocycles. The third-order valence-corrected chi connectivity index (χ3v) is 3.85. The average molecular weight is 405 g/mol. The van der Waals surface area contributed by atoms with Crippen molar-refractivity contribution in [2.24, 2.45) is 0 Å². The summed E-state index contributed by atoms with van der Waals surface area (Å²) in [6, 6.07) is 6.51. The van der Waals surface area contributed by atoms with E-state index in [4.69, 9.17) is 4.52 Å². The van der Waals surface area contributed by atoms with Gasteiger partial charge >= 0.3 is 0 Å². The standard InChI is InChI=1S/C20H28FN5O3/c1-19(2,3)23-15(27)12-26(25(6)7)17(28)14-10-8-13(9-11-14)16-22-18(29-24-16)20(4,5)21/h8-11H,12H2,1-7H3,(H,23,27). The lowest BCUT2D eigenvalue weighted by atomic mass is 10.1. The van der Waals surface area contributed by atoms with Crippen LogP contribution >= 0.6 is 0 Å². The van der Waals surface area contributed by atoms with Gasteiger partial charge in [-0.05, 0) is 46.8 Å². The molecule has 1 aromatic heterocycles. The van der Waals surface area contributed by atoms with Gasteiger partial charge in [0, 0.05) is 30.8 Å². The fourth-order valence-electron chi connectivity index (χ4n) is 2.48. The van der Waals surface area contributed by atoms with Gasteiger partial charge in [-0.15, -0.1) is 0 Å². The number of hydrogen-bond donors (Lipinski definition) is 1. The van der Waals surface area contributed by atoms with E-state index in [0.29, 0.717) is 11.1 Å². The molecule has 2 amide bonds. The van der Waals surface area contributed by atoms with E-state index in [1.807, 2.05) is 20.8 Å². The largest absolute Gasteiger partial charge is 0.350 e. The van der Waals surface area contributed by atoms with Gasteiger partial charge in [0.1, 0.15) is 6.54 Å². The molecule has 9 heteroatoms. The molecule has 1 heterocycles. The van der Waals surface area contributed by atoms with E-state index in [-0.39, 0.29) is 30.1 Å². The monoisotopic (exact) mass is 405 g/mol. The average Bonchev–Trinajstić information content (AvgIpc) is 3.08. The van der Waals surface area contributed by atoms with Crippen LogP contribution in [-0.2, 0) is 10.5 Å². The second-order valence-corrected chi connectivity index (χ2v) is 8.48. The molecular formula is C20H28FN5O3. The number of carbonyl (C=O) groups is 2. The Morgan fingerprint density at radius 3 is 2.14 bits per heavy atom. The lowest BCUT2D eigenvalue weighted by molar-refractivity contribution is -0.126. The first-order chi connectivity index (χ1) is 13.3. The fourth-order valence-corrected chi connectivity index (χ4v) is 2.48. The summed E-state index contributed by atoms with van der Waals surface area (Å²) in [6.07, 6.45) is 0. The molecule has 8 nitrogen and oxygen atoms in total. The Bertz CT molecular complexity index is 863. The van der Waals surface area contributed by atoms with E-state index in [0.717, 1.165) is 0 Å². The van der Waals surface area contributed by atoms with E-state index in [1.165, 1.54) is 18.9 Å². The van der Waals surface area contributed by atoms with Crippen molar-refractivity contribution in [3.8, 4) is 11.4 Å². The number of aromatic nitrogens is 2. The van der Waals surface area contributed by atoms with Crippen LogP contribution in [0.25, 0.3) is 11.4 Å². The van der Waals surface area contributed by atoms with Gasteiger partial charge in [0.15, 0.2) is 5.67 Å². The molecule has 0 radical (unpaired) electrons. The molecule has 1 N–H and O–H groups in total. The topological polar surface area (TPSA) is 91.6 Å². The van der Waals surface area contributed by atoms with Crippen LogP contribution in [0.3, 0.4) is 0 Å². The van der Waals surface area contributed by atoms with Gasteiger partial charge in [-0.2, -0.15) is 4.98 Å². The Hall–Kier alpha value is -2.81. The first-order valence-electron chi connectivity index (χ1n) is 9.21. The number of rotatable bonds is 6. The first-order valence-corrected chi connectivity index (χ1v) is 9.21. The molecule has 2 aromatic rings. The smallest absolute Gasteiger partial charge is 0.268 e. The highest BCUT2D eigenvalue weighted by Gasteiger charge is 2.27. The summed E-state index contributed by atoms with van der Waals surface area (Å²) < 4.78 is 18.9. The van der Waals surface area contributed by atoms with Crippen LogP contribution in [0.2, 0.25) is 0 Å². The summed E-state index contributed by atoms with van der Waals surface area (Å²) in [5.74, 6) is -0.469. The summed E-state index contributed by atoms with van der Waals surface area (Å²) in [6.45, 7) is 8.18. The zero-order valence-electron chi connectivity index (χ0n) is 17.9. The maximum atomic E-state index is 13.9. The van der Waals surface area contributed by atoms with Gasteiger partial charge in [0.25, 0.3) is 11.8 Å². The highest BCUT2D eigenvalue weighted by Crippen LogP contribution is 2.25. The van der Waals surface area contributed by atoms with Gasteiger partial charge < -0.3 is 9.84 Å². The molecule has 29 heavy (non-hydrogen) atoms. The predicted octanol–water partition coefficient (Wildman–Crippen LogP) is 2.77. The molecule has 0 aliphatic carbocycles. The number of nitrogens with zero attached hydrogens (tertiary/aromatic N) is 4. The number of benzene rings is 1. The molecular weight excluding hydrogens is 377 g/mol. The van der Waals surface area contributed by atoms with E-state index in [2.05, 4.69) is 15.5 Å². The zero-order chi connectivity index (χ0) is 22.0. The Morgan fingerprint density at radius 2 is 1.69 bits per heavy atom. The molecule has 0 fully saturated rings. The van der Waals surface area contributed by atoms with Crippen molar-refractivity contribution in [1.82, 2.24) is 25.5 Å². The van der Waals surface area contributed by atoms with Gasteiger partial charge in [-0.3, -0.25) is 14.6 Å². The minimum atomic E-state index is -1.74. The Labute approximate surface area is 170 Å². The molecule has 0 unspecified atom stereocenters. The predicted molar refractivity (Wildman–Crippen MR) is 106 cm³/mol. The quantitative estimate of drug-likeness (QED) is 0.743. The minimum absolute atomic E-state index is 0.107. The van der Waals surface area contributed by atoms with Crippen molar-refractivity contribution in [3.63, 3.8) is 0 Å². The number of nitrogens with one attached hydrogen (secondary N) is 1. The normalized spacial score (nSPS) is 12.2. The van der Waals surface area contributed by atoms with Crippen LogP contribution < -0.4 is 5.32 Å². The van der Waals surface area contributed by atoms with Crippen molar-refractivity contribution >= 4 is 11.8 Å². The Balaban J connectivity index is 2.17. The van der Waals surface area contributed by atoms with E-state index >= 15 is 0 Å². The van der Waals surface area contributed by atoms with Crippen LogP contribution in [0.4, 0.5) is 4.39 Å². The lowest BCUT2D eigenvalue weighted by Crippen LogP contribution is -2.51. The van der Waals surface area contributed by atoms with Crippen molar-refractivity contribution < 1.29 is 18.5 Å².